The van der Waals surface area contributed by atoms with Gasteiger partial charge in [-0.3, -0.25) is 9.89 Å². The molecule has 5 nitrogen and oxygen atoms in total. The maximum Gasteiger partial charge on any atom is 0.191 e. The molecule has 0 aromatic carbocycles. The summed E-state index contributed by atoms with van der Waals surface area (Å²) in [7, 11) is 0. The molecule has 0 unspecified atom stereocenters. The van der Waals surface area contributed by atoms with E-state index in [1.54, 1.807) is 0 Å². The summed E-state index contributed by atoms with van der Waals surface area (Å²) < 4.78 is 5.37. The third-order valence-corrected chi connectivity index (χ3v) is 4.78. The van der Waals surface area contributed by atoms with Crippen LogP contribution in [0.4, 0.5) is 0 Å². The van der Waals surface area contributed by atoms with Gasteiger partial charge in [-0.15, -0.1) is 35.3 Å². The van der Waals surface area contributed by atoms with Crippen molar-refractivity contribution in [2.45, 2.75) is 26.2 Å². The molecule has 1 aliphatic rings. The molecule has 1 saturated heterocycles. The van der Waals surface area contributed by atoms with Crippen molar-refractivity contribution in [1.82, 2.24) is 15.5 Å². The van der Waals surface area contributed by atoms with Gasteiger partial charge in [0.1, 0.15) is 0 Å². The first-order chi connectivity index (χ1) is 11.4. The van der Waals surface area contributed by atoms with Gasteiger partial charge in [-0.2, -0.15) is 0 Å². The largest absolute Gasteiger partial charge is 0.379 e. The van der Waals surface area contributed by atoms with Gasteiger partial charge in [0, 0.05) is 37.6 Å². The van der Waals surface area contributed by atoms with Crippen LogP contribution < -0.4 is 10.6 Å². The number of nitrogens with one attached hydrogen (secondary N) is 2. The lowest BCUT2D eigenvalue weighted by Crippen LogP contribution is -2.38. The van der Waals surface area contributed by atoms with Crippen LogP contribution in [-0.4, -0.2) is 63.3 Å². The molecule has 138 valence electrons. The Balaban J connectivity index is 0.00000288. The Kier molecular flexibility index (Phi) is 12.5. The monoisotopic (exact) mass is 466 g/mol. The molecule has 0 saturated carbocycles. The molecule has 0 bridgehead atoms. The van der Waals surface area contributed by atoms with Crippen LogP contribution in [0.1, 0.15) is 24.6 Å². The maximum atomic E-state index is 5.37. The molecule has 1 fully saturated rings. The molecule has 1 aromatic rings. The molecule has 1 aromatic heterocycles. The Morgan fingerprint density at radius 2 is 2.12 bits per heavy atom. The third-order valence-electron chi connectivity index (χ3n) is 3.84. The van der Waals surface area contributed by atoms with Crippen LogP contribution in [0.5, 0.6) is 0 Å². The summed E-state index contributed by atoms with van der Waals surface area (Å²) >= 11 is 1.81. The summed E-state index contributed by atoms with van der Waals surface area (Å²) in [5.74, 6) is 0.940. The number of ether oxygens (including phenoxy) is 1. The average Bonchev–Trinajstić information content (AvgIpc) is 3.09. The van der Waals surface area contributed by atoms with E-state index in [2.05, 4.69) is 45.0 Å². The summed E-state index contributed by atoms with van der Waals surface area (Å²) in [5, 5.41) is 8.86. The summed E-state index contributed by atoms with van der Waals surface area (Å²) in [5.41, 5.74) is 0. The SMILES string of the molecule is CCNC(=NCCCCN1CCOCC1)NCCc1cccs1.I. The fraction of sp³-hybridized carbons (Fsp3) is 0.706. The third kappa shape index (κ3) is 9.19. The number of halogens is 1. The van der Waals surface area contributed by atoms with Crippen LogP contribution in [0.15, 0.2) is 22.5 Å². The van der Waals surface area contributed by atoms with Crippen molar-refractivity contribution >= 4 is 41.3 Å². The van der Waals surface area contributed by atoms with Crippen LogP contribution in [0.2, 0.25) is 0 Å². The Hall–Kier alpha value is -0.380. The highest BCUT2D eigenvalue weighted by Gasteiger charge is 2.08. The number of aliphatic imine (C=N–C) groups is 1. The predicted octanol–water partition coefficient (Wildman–Crippen LogP) is 2.58. The molecular weight excluding hydrogens is 435 g/mol. The highest BCUT2D eigenvalue weighted by atomic mass is 127. The van der Waals surface area contributed by atoms with E-state index in [1.165, 1.54) is 17.8 Å². The fourth-order valence-corrected chi connectivity index (χ4v) is 3.27. The standard InChI is InChI=1S/C17H30N4OS.HI/c1-2-18-17(20-9-7-16-6-5-15-23-16)19-8-3-4-10-21-11-13-22-14-12-21;/h5-6,15H,2-4,7-14H2,1H3,(H2,18,19,20);1H. The Labute approximate surface area is 167 Å². The number of nitrogens with zero attached hydrogens (tertiary/aromatic N) is 2. The second-order valence-corrected chi connectivity index (χ2v) is 6.71. The summed E-state index contributed by atoms with van der Waals surface area (Å²) in [6, 6.07) is 4.29. The molecule has 0 amide bonds. The van der Waals surface area contributed by atoms with E-state index in [4.69, 9.17) is 4.74 Å². The molecule has 7 heteroatoms. The van der Waals surface area contributed by atoms with Gasteiger partial charge in [0.15, 0.2) is 5.96 Å². The number of hydrogen-bond donors (Lipinski definition) is 2. The lowest BCUT2D eigenvalue weighted by atomic mass is 10.3. The van der Waals surface area contributed by atoms with E-state index in [-0.39, 0.29) is 24.0 Å². The number of rotatable bonds is 9. The Morgan fingerprint density at radius 3 is 2.83 bits per heavy atom. The Morgan fingerprint density at radius 1 is 1.29 bits per heavy atom. The molecule has 1 aliphatic heterocycles. The van der Waals surface area contributed by atoms with Gasteiger partial charge in [-0.1, -0.05) is 6.07 Å². The number of hydrogen-bond acceptors (Lipinski definition) is 4. The van der Waals surface area contributed by atoms with Gasteiger partial charge >= 0.3 is 0 Å². The normalized spacial score (nSPS) is 15.8. The summed E-state index contributed by atoms with van der Waals surface area (Å²) in [6.07, 6.45) is 3.40. The minimum atomic E-state index is 0. The summed E-state index contributed by atoms with van der Waals surface area (Å²) in [4.78, 5) is 8.57. The van der Waals surface area contributed by atoms with E-state index in [0.717, 1.165) is 64.7 Å². The molecule has 2 heterocycles. The molecule has 0 spiro atoms. The molecule has 2 N–H and O–H groups in total. The van der Waals surface area contributed by atoms with Crippen LogP contribution in [-0.2, 0) is 11.2 Å². The zero-order valence-corrected chi connectivity index (χ0v) is 17.8. The highest BCUT2D eigenvalue weighted by Crippen LogP contribution is 2.08. The number of unbranched alkanes of at least 4 members (excludes halogenated alkanes) is 1. The lowest BCUT2D eigenvalue weighted by molar-refractivity contribution is 0.0373. The second kappa shape index (κ2) is 13.9. The second-order valence-electron chi connectivity index (χ2n) is 5.68. The predicted molar refractivity (Wildman–Crippen MR) is 114 cm³/mol. The van der Waals surface area contributed by atoms with Crippen LogP contribution >= 0.6 is 35.3 Å². The van der Waals surface area contributed by atoms with Crippen LogP contribution in [0.25, 0.3) is 0 Å². The molecule has 2 rings (SSSR count). The molecule has 0 radical (unpaired) electrons. The van der Waals surface area contributed by atoms with Crippen molar-refractivity contribution in [2.75, 3.05) is 52.5 Å². The smallest absolute Gasteiger partial charge is 0.191 e. The van der Waals surface area contributed by atoms with Crippen molar-refractivity contribution in [3.05, 3.63) is 22.4 Å². The van der Waals surface area contributed by atoms with E-state index in [9.17, 15) is 0 Å². The van der Waals surface area contributed by atoms with Crippen LogP contribution in [0.3, 0.4) is 0 Å². The van der Waals surface area contributed by atoms with Crippen LogP contribution in [0, 0.1) is 0 Å². The van der Waals surface area contributed by atoms with E-state index >= 15 is 0 Å². The zero-order chi connectivity index (χ0) is 16.2. The average molecular weight is 466 g/mol. The van der Waals surface area contributed by atoms with Gasteiger partial charge in [-0.05, 0) is 44.2 Å². The van der Waals surface area contributed by atoms with Gasteiger partial charge in [0.25, 0.3) is 0 Å². The quantitative estimate of drug-likeness (QED) is 0.254. The molecule has 0 aliphatic carbocycles. The van der Waals surface area contributed by atoms with Crippen molar-refractivity contribution in [3.63, 3.8) is 0 Å². The highest BCUT2D eigenvalue weighted by molar-refractivity contribution is 14.0. The molecule has 0 atom stereocenters. The topological polar surface area (TPSA) is 48.9 Å². The first kappa shape index (κ1) is 21.7. The van der Waals surface area contributed by atoms with Crippen molar-refractivity contribution in [1.29, 1.82) is 0 Å². The van der Waals surface area contributed by atoms with Gasteiger partial charge < -0.3 is 15.4 Å². The fourth-order valence-electron chi connectivity index (χ4n) is 2.56. The van der Waals surface area contributed by atoms with Crippen molar-refractivity contribution in [2.24, 2.45) is 4.99 Å². The molecule has 24 heavy (non-hydrogen) atoms. The number of thiophene rings is 1. The first-order valence-electron chi connectivity index (χ1n) is 8.73. The minimum Gasteiger partial charge on any atom is -0.379 e. The van der Waals surface area contributed by atoms with Crippen molar-refractivity contribution in [3.8, 4) is 0 Å². The minimum absolute atomic E-state index is 0. The first-order valence-corrected chi connectivity index (χ1v) is 9.61. The van der Waals surface area contributed by atoms with Gasteiger partial charge in [0.2, 0.25) is 0 Å². The maximum absolute atomic E-state index is 5.37. The Bertz CT molecular complexity index is 436. The zero-order valence-electron chi connectivity index (χ0n) is 14.6. The van der Waals surface area contributed by atoms with Gasteiger partial charge in [-0.25, -0.2) is 0 Å². The molecular formula is C17H31IN4OS. The number of guanidine groups is 1. The van der Waals surface area contributed by atoms with E-state index < -0.39 is 0 Å². The van der Waals surface area contributed by atoms with Gasteiger partial charge in [0.05, 0.1) is 13.2 Å². The number of morpholine rings is 1. The lowest BCUT2D eigenvalue weighted by Gasteiger charge is -2.26. The van der Waals surface area contributed by atoms with Crippen molar-refractivity contribution < 1.29 is 4.74 Å². The van der Waals surface area contributed by atoms with E-state index in [1.807, 2.05) is 11.3 Å². The summed E-state index contributed by atoms with van der Waals surface area (Å²) in [6.45, 7) is 9.92. The van der Waals surface area contributed by atoms with E-state index in [0.29, 0.717) is 0 Å².